The molecule has 0 aliphatic rings. The molecule has 4 nitrogen and oxygen atoms in total. The predicted octanol–water partition coefficient (Wildman–Crippen LogP) is 4.49. The number of hydrogen-bond acceptors (Lipinski definition) is 4. The lowest BCUT2D eigenvalue weighted by molar-refractivity contribution is -0.138. The van der Waals surface area contributed by atoms with Crippen molar-refractivity contribution in [1.29, 1.82) is 0 Å². The Bertz CT molecular complexity index is 888. The molecule has 1 amide bonds. The Kier molecular flexibility index (Phi) is 4.58. The first-order chi connectivity index (χ1) is 11.8. The number of nitrogens with zero attached hydrogens (tertiary/aromatic N) is 1. The summed E-state index contributed by atoms with van der Waals surface area (Å²) >= 11 is 1.39. The number of alkyl halides is 3. The zero-order valence-corrected chi connectivity index (χ0v) is 13.2. The van der Waals surface area contributed by atoms with Crippen LogP contribution in [-0.2, 0) is 12.7 Å². The van der Waals surface area contributed by atoms with Gasteiger partial charge in [0.2, 0.25) is 0 Å². The number of benzene rings is 1. The van der Waals surface area contributed by atoms with Crippen LogP contribution in [0.5, 0.6) is 0 Å². The van der Waals surface area contributed by atoms with Crippen LogP contribution in [0.25, 0.3) is 10.6 Å². The molecule has 130 valence electrons. The summed E-state index contributed by atoms with van der Waals surface area (Å²) < 4.78 is 56.9. The summed E-state index contributed by atoms with van der Waals surface area (Å²) in [4.78, 5) is 12.8. The third-order valence-electron chi connectivity index (χ3n) is 3.32. The fourth-order valence-electron chi connectivity index (χ4n) is 2.15. The number of aromatic nitrogens is 1. The maximum Gasteiger partial charge on any atom is 0.416 e. The average Bonchev–Trinajstić information content (AvgIpc) is 3.23. The molecule has 3 rings (SSSR count). The van der Waals surface area contributed by atoms with Gasteiger partial charge in [-0.1, -0.05) is 17.3 Å². The molecule has 0 bridgehead atoms. The van der Waals surface area contributed by atoms with E-state index in [4.69, 9.17) is 4.52 Å². The molecule has 0 fully saturated rings. The van der Waals surface area contributed by atoms with Gasteiger partial charge in [0.05, 0.1) is 10.4 Å². The summed E-state index contributed by atoms with van der Waals surface area (Å²) in [6, 6.07) is 7.26. The van der Waals surface area contributed by atoms with Gasteiger partial charge in [-0.3, -0.25) is 4.79 Å². The highest BCUT2D eigenvalue weighted by molar-refractivity contribution is 7.13. The van der Waals surface area contributed by atoms with Gasteiger partial charge < -0.3 is 9.84 Å². The second-order valence-corrected chi connectivity index (χ2v) is 5.98. The van der Waals surface area contributed by atoms with Crippen molar-refractivity contribution in [2.75, 3.05) is 0 Å². The molecule has 0 radical (unpaired) electrons. The Balaban J connectivity index is 1.73. The molecule has 1 aromatic carbocycles. The topological polar surface area (TPSA) is 55.1 Å². The largest absolute Gasteiger partial charge is 0.416 e. The maximum absolute atomic E-state index is 13.1. The normalized spacial score (nSPS) is 11.5. The highest BCUT2D eigenvalue weighted by Gasteiger charge is 2.33. The lowest BCUT2D eigenvalue weighted by Gasteiger charge is -2.13. The third-order valence-corrected chi connectivity index (χ3v) is 4.21. The van der Waals surface area contributed by atoms with E-state index >= 15 is 0 Å². The number of rotatable bonds is 4. The second-order valence-electron chi connectivity index (χ2n) is 5.04. The minimum absolute atomic E-state index is 0.0564. The summed E-state index contributed by atoms with van der Waals surface area (Å²) in [5, 5.41) is 7.76. The summed E-state index contributed by atoms with van der Waals surface area (Å²) in [5.41, 5.74) is -1.43. The number of amides is 1. The lowest BCUT2D eigenvalue weighted by atomic mass is 10.1. The summed E-state index contributed by atoms with van der Waals surface area (Å²) in [6.07, 6.45) is -4.72. The minimum Gasteiger partial charge on any atom is -0.355 e. The smallest absolute Gasteiger partial charge is 0.355 e. The molecule has 3 aromatic rings. The van der Waals surface area contributed by atoms with Crippen LogP contribution in [0.1, 0.15) is 21.6 Å². The van der Waals surface area contributed by atoms with Crippen molar-refractivity contribution < 1.29 is 26.9 Å². The van der Waals surface area contributed by atoms with E-state index < -0.39 is 30.0 Å². The Labute approximate surface area is 143 Å². The predicted molar refractivity (Wildman–Crippen MR) is 82.4 cm³/mol. The van der Waals surface area contributed by atoms with Crippen LogP contribution in [-0.4, -0.2) is 11.1 Å². The Hall–Kier alpha value is -2.68. The third kappa shape index (κ3) is 3.87. The monoisotopic (exact) mass is 370 g/mol. The summed E-state index contributed by atoms with van der Waals surface area (Å²) in [5.74, 6) is -1.30. The molecule has 9 heteroatoms. The van der Waals surface area contributed by atoms with Gasteiger partial charge in [-0.05, 0) is 29.1 Å². The van der Waals surface area contributed by atoms with Crippen LogP contribution >= 0.6 is 11.3 Å². The number of halogens is 4. The zero-order chi connectivity index (χ0) is 18.0. The molecule has 2 aromatic heterocycles. The number of nitrogens with one attached hydrogen (secondary N) is 1. The Morgan fingerprint density at radius 2 is 2.04 bits per heavy atom. The Morgan fingerprint density at radius 1 is 1.24 bits per heavy atom. The van der Waals surface area contributed by atoms with E-state index in [-0.39, 0.29) is 11.3 Å². The van der Waals surface area contributed by atoms with Crippen LogP contribution in [0, 0.1) is 5.82 Å². The fraction of sp³-hybridized carbons (Fsp3) is 0.125. The zero-order valence-electron chi connectivity index (χ0n) is 12.4. The van der Waals surface area contributed by atoms with Gasteiger partial charge in [-0.15, -0.1) is 11.3 Å². The second kappa shape index (κ2) is 6.67. The van der Waals surface area contributed by atoms with Crippen LogP contribution in [0.4, 0.5) is 17.6 Å². The van der Waals surface area contributed by atoms with Crippen LogP contribution in [0.2, 0.25) is 0 Å². The van der Waals surface area contributed by atoms with E-state index in [0.717, 1.165) is 17.0 Å². The first-order valence-corrected chi connectivity index (χ1v) is 7.87. The van der Waals surface area contributed by atoms with Gasteiger partial charge in [0.25, 0.3) is 5.91 Å². The summed E-state index contributed by atoms with van der Waals surface area (Å²) in [6.45, 7) is -0.421. The first kappa shape index (κ1) is 17.2. The van der Waals surface area contributed by atoms with Gasteiger partial charge in [0.15, 0.2) is 11.5 Å². The van der Waals surface area contributed by atoms with E-state index in [1.807, 2.05) is 5.38 Å². The number of hydrogen-bond donors (Lipinski definition) is 1. The van der Waals surface area contributed by atoms with Gasteiger partial charge in [0.1, 0.15) is 5.82 Å². The number of thiophene rings is 1. The minimum atomic E-state index is -4.72. The first-order valence-electron chi connectivity index (χ1n) is 6.99. The van der Waals surface area contributed by atoms with E-state index in [1.165, 1.54) is 17.4 Å². The molecule has 0 aliphatic heterocycles. The SMILES string of the molecule is O=C(NCc1ccc(F)cc1C(F)(F)F)c1cc(-c2cccs2)on1. The van der Waals surface area contributed by atoms with Crippen LogP contribution in [0.3, 0.4) is 0 Å². The summed E-state index contributed by atoms with van der Waals surface area (Å²) in [7, 11) is 0. The van der Waals surface area contributed by atoms with Crippen molar-refractivity contribution in [1.82, 2.24) is 10.5 Å². The average molecular weight is 370 g/mol. The van der Waals surface area contributed by atoms with Gasteiger partial charge in [-0.2, -0.15) is 13.2 Å². The van der Waals surface area contributed by atoms with E-state index in [9.17, 15) is 22.4 Å². The molecule has 0 saturated heterocycles. The molecule has 0 unspecified atom stereocenters. The molecule has 0 spiro atoms. The highest BCUT2D eigenvalue weighted by atomic mass is 32.1. The molecule has 2 heterocycles. The highest BCUT2D eigenvalue weighted by Crippen LogP contribution is 2.32. The Morgan fingerprint density at radius 3 is 2.72 bits per heavy atom. The van der Waals surface area contributed by atoms with Crippen molar-refractivity contribution in [3.8, 4) is 10.6 Å². The number of carbonyl (C=O) groups excluding carboxylic acids is 1. The molecule has 0 atom stereocenters. The van der Waals surface area contributed by atoms with E-state index in [1.54, 1.807) is 12.1 Å². The van der Waals surface area contributed by atoms with Crippen molar-refractivity contribution in [3.05, 3.63) is 64.4 Å². The van der Waals surface area contributed by atoms with Crippen LogP contribution in [0.15, 0.2) is 46.3 Å². The standard InChI is InChI=1S/C16H10F4N2O2S/c17-10-4-3-9(11(6-10)16(18,19)20)8-21-15(23)12-7-13(24-22-12)14-2-1-5-25-14/h1-7H,8H2,(H,21,23). The van der Waals surface area contributed by atoms with Gasteiger partial charge in [0, 0.05) is 12.6 Å². The van der Waals surface area contributed by atoms with E-state index in [0.29, 0.717) is 11.8 Å². The van der Waals surface area contributed by atoms with Crippen molar-refractivity contribution >= 4 is 17.2 Å². The molecule has 0 aliphatic carbocycles. The molecular formula is C16H10F4N2O2S. The quantitative estimate of drug-likeness (QED) is 0.689. The lowest BCUT2D eigenvalue weighted by Crippen LogP contribution is -2.24. The van der Waals surface area contributed by atoms with Gasteiger partial charge >= 0.3 is 6.18 Å². The van der Waals surface area contributed by atoms with Crippen molar-refractivity contribution in [2.24, 2.45) is 0 Å². The van der Waals surface area contributed by atoms with Crippen molar-refractivity contribution in [3.63, 3.8) is 0 Å². The fourth-order valence-corrected chi connectivity index (χ4v) is 2.82. The van der Waals surface area contributed by atoms with Gasteiger partial charge in [-0.25, -0.2) is 4.39 Å². The molecule has 0 saturated carbocycles. The maximum atomic E-state index is 13.1. The van der Waals surface area contributed by atoms with E-state index in [2.05, 4.69) is 10.5 Å². The number of carbonyl (C=O) groups is 1. The molecule has 25 heavy (non-hydrogen) atoms. The molecule has 1 N–H and O–H groups in total. The van der Waals surface area contributed by atoms with Crippen molar-refractivity contribution in [2.45, 2.75) is 12.7 Å². The molecular weight excluding hydrogens is 360 g/mol. The van der Waals surface area contributed by atoms with Crippen LogP contribution < -0.4 is 5.32 Å².